The van der Waals surface area contributed by atoms with Crippen LogP contribution >= 0.6 is 0 Å². The lowest BCUT2D eigenvalue weighted by Gasteiger charge is -2.28. The van der Waals surface area contributed by atoms with Gasteiger partial charge >= 0.3 is 0 Å². The number of hydrogen-bond acceptors (Lipinski definition) is 4. The first-order valence-electron chi connectivity index (χ1n) is 5.81. The van der Waals surface area contributed by atoms with Gasteiger partial charge in [0.05, 0.1) is 5.75 Å². The summed E-state index contributed by atoms with van der Waals surface area (Å²) in [5.74, 6) is 0.0233. The molecule has 0 atom stereocenters. The van der Waals surface area contributed by atoms with Gasteiger partial charge in [0.25, 0.3) is 0 Å². The summed E-state index contributed by atoms with van der Waals surface area (Å²) in [5.41, 5.74) is 5.11. The molecule has 0 aromatic heterocycles. The van der Waals surface area contributed by atoms with Crippen molar-refractivity contribution in [2.75, 3.05) is 18.1 Å². The van der Waals surface area contributed by atoms with E-state index in [2.05, 4.69) is 0 Å². The number of carbonyl (C=O) groups excluding carboxylic acids is 1. The third-order valence-corrected chi connectivity index (χ3v) is 5.12. The van der Waals surface area contributed by atoms with Gasteiger partial charge in [0.1, 0.15) is 15.6 Å². The van der Waals surface area contributed by atoms with Crippen LogP contribution in [-0.4, -0.2) is 32.3 Å². The fourth-order valence-electron chi connectivity index (χ4n) is 1.70. The minimum Gasteiger partial charge on any atom is -0.329 e. The predicted octanol–water partition coefficient (Wildman–Crippen LogP) is 1.15. The molecule has 0 unspecified atom stereocenters. The Balaban J connectivity index is 4.57. The van der Waals surface area contributed by atoms with Crippen molar-refractivity contribution in [3.63, 3.8) is 0 Å². The fourth-order valence-corrected chi connectivity index (χ4v) is 2.49. The molecule has 0 aliphatic carbocycles. The number of carbonyl (C=O) groups is 1. The summed E-state index contributed by atoms with van der Waals surface area (Å²) >= 11 is 0. The molecule has 0 saturated carbocycles. The Hall–Kier alpha value is -0.420. The SMILES string of the molecule is CCC(CC)(CN)C(=O)CCS(=O)(=O)CC. The molecule has 0 amide bonds. The molecular weight excluding hydrogens is 226 g/mol. The van der Waals surface area contributed by atoms with Crippen LogP contribution in [0.2, 0.25) is 0 Å². The van der Waals surface area contributed by atoms with Crippen molar-refractivity contribution < 1.29 is 13.2 Å². The molecule has 2 N–H and O–H groups in total. The molecule has 5 heteroatoms. The Kier molecular flexibility index (Phi) is 6.18. The van der Waals surface area contributed by atoms with Gasteiger partial charge in [0.2, 0.25) is 0 Å². The highest BCUT2D eigenvalue weighted by Crippen LogP contribution is 2.27. The summed E-state index contributed by atoms with van der Waals surface area (Å²) in [7, 11) is -3.06. The number of hydrogen-bond donors (Lipinski definition) is 1. The Labute approximate surface area is 98.5 Å². The lowest BCUT2D eigenvalue weighted by molar-refractivity contribution is -0.128. The number of nitrogens with two attached hydrogens (primary N) is 1. The van der Waals surface area contributed by atoms with Crippen LogP contribution in [0.15, 0.2) is 0 Å². The van der Waals surface area contributed by atoms with Crippen LogP contribution in [0.25, 0.3) is 0 Å². The van der Waals surface area contributed by atoms with Gasteiger partial charge in [-0.2, -0.15) is 0 Å². The van der Waals surface area contributed by atoms with Crippen molar-refractivity contribution in [1.29, 1.82) is 0 Å². The molecule has 4 nitrogen and oxygen atoms in total. The second-order valence-corrected chi connectivity index (χ2v) is 6.57. The standard InChI is InChI=1S/C11H23NO3S/c1-4-11(5-2,9-12)10(13)7-8-16(14,15)6-3/h4-9,12H2,1-3H3. The number of ketones is 1. The average Bonchev–Trinajstić information content (AvgIpc) is 2.29. The molecular formula is C11H23NO3S. The molecule has 16 heavy (non-hydrogen) atoms. The lowest BCUT2D eigenvalue weighted by atomic mass is 9.77. The Bertz CT molecular complexity index is 310. The summed E-state index contributed by atoms with van der Waals surface area (Å²) in [6, 6.07) is 0. The molecule has 0 radical (unpaired) electrons. The van der Waals surface area contributed by atoms with Gasteiger partial charge in [-0.1, -0.05) is 20.8 Å². The summed E-state index contributed by atoms with van der Waals surface area (Å²) < 4.78 is 22.6. The first kappa shape index (κ1) is 15.6. The quantitative estimate of drug-likeness (QED) is 0.700. The van der Waals surface area contributed by atoms with Crippen LogP contribution in [0.1, 0.15) is 40.0 Å². The number of sulfone groups is 1. The van der Waals surface area contributed by atoms with Gasteiger partial charge in [-0.25, -0.2) is 8.42 Å². The first-order chi connectivity index (χ1) is 7.37. The Morgan fingerprint density at radius 1 is 1.19 bits per heavy atom. The van der Waals surface area contributed by atoms with Crippen LogP contribution in [0.3, 0.4) is 0 Å². The number of Topliss-reactive ketones (excluding diaryl/α,β-unsaturated/α-hetero) is 1. The van der Waals surface area contributed by atoms with Gasteiger partial charge in [0, 0.05) is 24.1 Å². The van der Waals surface area contributed by atoms with Crippen molar-refractivity contribution in [1.82, 2.24) is 0 Å². The highest BCUT2D eigenvalue weighted by atomic mass is 32.2. The third-order valence-electron chi connectivity index (χ3n) is 3.42. The molecule has 0 aromatic rings. The Morgan fingerprint density at radius 2 is 1.69 bits per heavy atom. The molecule has 0 bridgehead atoms. The fraction of sp³-hybridized carbons (Fsp3) is 0.909. The minimum absolute atomic E-state index is 0.0166. The van der Waals surface area contributed by atoms with Gasteiger partial charge in [0.15, 0.2) is 0 Å². The van der Waals surface area contributed by atoms with E-state index in [-0.39, 0.29) is 23.7 Å². The van der Waals surface area contributed by atoms with Crippen LogP contribution < -0.4 is 5.73 Å². The van der Waals surface area contributed by atoms with E-state index < -0.39 is 15.3 Å². The van der Waals surface area contributed by atoms with Crippen molar-refractivity contribution in [3.05, 3.63) is 0 Å². The van der Waals surface area contributed by atoms with Crippen molar-refractivity contribution in [2.24, 2.45) is 11.1 Å². The maximum Gasteiger partial charge on any atom is 0.150 e. The van der Waals surface area contributed by atoms with E-state index in [1.807, 2.05) is 13.8 Å². The molecule has 0 aliphatic rings. The molecule has 0 fully saturated rings. The Morgan fingerprint density at radius 3 is 2.00 bits per heavy atom. The third kappa shape index (κ3) is 3.87. The second-order valence-electron chi connectivity index (χ2n) is 4.10. The van der Waals surface area contributed by atoms with Crippen LogP contribution in [-0.2, 0) is 14.6 Å². The maximum atomic E-state index is 12.0. The summed E-state index contributed by atoms with van der Waals surface area (Å²) in [6.07, 6.45) is 1.44. The first-order valence-corrected chi connectivity index (χ1v) is 7.63. The van der Waals surface area contributed by atoms with Gasteiger partial charge in [-0.3, -0.25) is 4.79 Å². The smallest absolute Gasteiger partial charge is 0.150 e. The summed E-state index contributed by atoms with van der Waals surface area (Å²) in [4.78, 5) is 12.0. The van der Waals surface area contributed by atoms with Crippen molar-refractivity contribution >= 4 is 15.6 Å². The summed E-state index contributed by atoms with van der Waals surface area (Å²) in [5, 5.41) is 0. The van der Waals surface area contributed by atoms with Crippen LogP contribution in [0.4, 0.5) is 0 Å². The number of rotatable bonds is 8. The highest BCUT2D eigenvalue weighted by Gasteiger charge is 2.33. The molecule has 96 valence electrons. The van der Waals surface area contributed by atoms with E-state index in [0.29, 0.717) is 19.4 Å². The predicted molar refractivity (Wildman–Crippen MR) is 66.0 cm³/mol. The molecule has 0 spiro atoms. The van der Waals surface area contributed by atoms with E-state index in [1.54, 1.807) is 6.92 Å². The van der Waals surface area contributed by atoms with Crippen LogP contribution in [0, 0.1) is 5.41 Å². The van der Waals surface area contributed by atoms with E-state index in [1.165, 1.54) is 0 Å². The van der Waals surface area contributed by atoms with Crippen LogP contribution in [0.5, 0.6) is 0 Å². The van der Waals surface area contributed by atoms with Crippen molar-refractivity contribution in [3.8, 4) is 0 Å². The zero-order chi connectivity index (χ0) is 12.8. The zero-order valence-electron chi connectivity index (χ0n) is 10.5. The molecule has 0 aliphatic heterocycles. The molecule has 0 saturated heterocycles. The van der Waals surface area contributed by atoms with E-state index in [4.69, 9.17) is 5.73 Å². The second kappa shape index (κ2) is 6.35. The summed E-state index contributed by atoms with van der Waals surface area (Å²) in [6.45, 7) is 5.73. The minimum atomic E-state index is -3.06. The van der Waals surface area contributed by atoms with Gasteiger partial charge in [-0.05, 0) is 12.8 Å². The average molecular weight is 249 g/mol. The van der Waals surface area contributed by atoms with Crippen molar-refractivity contribution in [2.45, 2.75) is 40.0 Å². The maximum absolute atomic E-state index is 12.0. The van der Waals surface area contributed by atoms with E-state index >= 15 is 0 Å². The molecule has 0 heterocycles. The van der Waals surface area contributed by atoms with Gasteiger partial charge in [-0.15, -0.1) is 0 Å². The van der Waals surface area contributed by atoms with Gasteiger partial charge < -0.3 is 5.73 Å². The van der Waals surface area contributed by atoms with E-state index in [9.17, 15) is 13.2 Å². The van der Waals surface area contributed by atoms with E-state index in [0.717, 1.165) is 0 Å². The monoisotopic (exact) mass is 249 g/mol. The highest BCUT2D eigenvalue weighted by molar-refractivity contribution is 7.91. The zero-order valence-corrected chi connectivity index (χ0v) is 11.3. The lowest BCUT2D eigenvalue weighted by Crippen LogP contribution is -2.38. The topological polar surface area (TPSA) is 77.2 Å². The normalized spacial score (nSPS) is 12.8. The molecule has 0 rings (SSSR count). The largest absolute Gasteiger partial charge is 0.329 e. The molecule has 0 aromatic carbocycles.